The first kappa shape index (κ1) is 12.0. The summed E-state index contributed by atoms with van der Waals surface area (Å²) in [5, 5.41) is 19.9. The maximum absolute atomic E-state index is 9.28. The Bertz CT molecular complexity index is 550. The average Bonchev–Trinajstić information content (AvgIpc) is 2.89. The molecule has 0 spiro atoms. The summed E-state index contributed by atoms with van der Waals surface area (Å²) >= 11 is 0. The highest BCUT2D eigenvalue weighted by atomic mass is 16.3. The summed E-state index contributed by atoms with van der Waals surface area (Å²) in [6.45, 7) is 4.92. The van der Waals surface area contributed by atoms with E-state index in [9.17, 15) is 5.11 Å². The van der Waals surface area contributed by atoms with Crippen molar-refractivity contribution in [1.82, 2.24) is 20.5 Å². The fraction of sp³-hybridized carbons (Fsp3) is 0.385. The molecule has 1 atom stereocenters. The van der Waals surface area contributed by atoms with Crippen LogP contribution in [0.4, 0.5) is 5.95 Å². The molecule has 0 bridgehead atoms. The van der Waals surface area contributed by atoms with E-state index in [1.807, 2.05) is 12.1 Å². The molecule has 3 N–H and O–H groups in total. The van der Waals surface area contributed by atoms with Gasteiger partial charge in [-0.25, -0.2) is 0 Å². The monoisotopic (exact) mass is 259 g/mol. The molecule has 19 heavy (non-hydrogen) atoms. The summed E-state index contributed by atoms with van der Waals surface area (Å²) in [6.07, 6.45) is 0. The van der Waals surface area contributed by atoms with E-state index in [1.165, 1.54) is 0 Å². The van der Waals surface area contributed by atoms with E-state index in [1.54, 1.807) is 12.1 Å². The van der Waals surface area contributed by atoms with E-state index in [-0.39, 0.29) is 5.75 Å². The van der Waals surface area contributed by atoms with Crippen molar-refractivity contribution in [2.24, 2.45) is 0 Å². The van der Waals surface area contributed by atoms with Crippen molar-refractivity contribution >= 4 is 5.95 Å². The van der Waals surface area contributed by atoms with Crippen molar-refractivity contribution in [1.29, 1.82) is 0 Å². The normalized spacial score (nSPS) is 19.6. The molecule has 0 aliphatic carbocycles. The van der Waals surface area contributed by atoms with Crippen molar-refractivity contribution in [3.05, 3.63) is 24.3 Å². The van der Waals surface area contributed by atoms with Crippen molar-refractivity contribution < 1.29 is 5.11 Å². The Labute approximate surface area is 111 Å². The van der Waals surface area contributed by atoms with Crippen LogP contribution in [0.25, 0.3) is 11.4 Å². The maximum Gasteiger partial charge on any atom is 0.245 e. The number of hydrogen-bond acceptors (Lipinski definition) is 5. The first-order chi connectivity index (χ1) is 9.22. The van der Waals surface area contributed by atoms with Crippen LogP contribution in [-0.4, -0.2) is 46.0 Å². The molecular formula is C13H17N5O. The van der Waals surface area contributed by atoms with Gasteiger partial charge in [-0.3, -0.25) is 5.10 Å². The molecule has 100 valence electrons. The molecule has 2 heterocycles. The van der Waals surface area contributed by atoms with Crippen LogP contribution >= 0.6 is 0 Å². The number of anilines is 1. The van der Waals surface area contributed by atoms with E-state index in [2.05, 4.69) is 32.3 Å². The summed E-state index contributed by atoms with van der Waals surface area (Å²) in [6, 6.07) is 7.37. The molecule has 6 heteroatoms. The third-order valence-corrected chi connectivity index (χ3v) is 3.27. The second kappa shape index (κ2) is 4.89. The van der Waals surface area contributed by atoms with Gasteiger partial charge in [0.15, 0.2) is 5.82 Å². The third kappa shape index (κ3) is 2.53. The molecule has 2 aromatic rings. The number of hydrogen-bond donors (Lipinski definition) is 3. The predicted octanol–water partition coefficient (Wildman–Crippen LogP) is 0.975. The third-order valence-electron chi connectivity index (χ3n) is 3.27. The van der Waals surface area contributed by atoms with Gasteiger partial charge in [0, 0.05) is 31.2 Å². The number of benzene rings is 1. The zero-order valence-electron chi connectivity index (χ0n) is 10.8. The largest absolute Gasteiger partial charge is 0.508 e. The van der Waals surface area contributed by atoms with Crippen molar-refractivity contribution in [2.75, 3.05) is 24.5 Å². The first-order valence-electron chi connectivity index (χ1n) is 6.42. The van der Waals surface area contributed by atoms with Gasteiger partial charge in [0.05, 0.1) is 0 Å². The summed E-state index contributed by atoms with van der Waals surface area (Å²) in [4.78, 5) is 6.69. The number of aromatic hydroxyl groups is 1. The number of nitrogens with one attached hydrogen (secondary N) is 2. The fourth-order valence-corrected chi connectivity index (χ4v) is 2.26. The van der Waals surface area contributed by atoms with Crippen molar-refractivity contribution in [2.45, 2.75) is 13.0 Å². The highest BCUT2D eigenvalue weighted by Crippen LogP contribution is 2.20. The highest BCUT2D eigenvalue weighted by Gasteiger charge is 2.19. The fourth-order valence-electron chi connectivity index (χ4n) is 2.26. The lowest BCUT2D eigenvalue weighted by Crippen LogP contribution is -2.49. The summed E-state index contributed by atoms with van der Waals surface area (Å²) < 4.78 is 0. The standard InChI is InChI=1S/C13H17N5O/c1-9-8-18(7-6-14-9)13-15-12(16-17-13)10-2-4-11(19)5-3-10/h2-5,9,14,19H,6-8H2,1H3,(H,15,16,17)/t9-/m0/s1. The lowest BCUT2D eigenvalue weighted by Gasteiger charge is -2.30. The van der Waals surface area contributed by atoms with Gasteiger partial charge in [-0.1, -0.05) is 0 Å². The second-order valence-electron chi connectivity index (χ2n) is 4.83. The molecule has 1 aliphatic rings. The van der Waals surface area contributed by atoms with E-state index >= 15 is 0 Å². The minimum atomic E-state index is 0.249. The molecule has 1 fully saturated rings. The Balaban J connectivity index is 1.81. The number of rotatable bonds is 2. The van der Waals surface area contributed by atoms with E-state index in [0.29, 0.717) is 6.04 Å². The molecule has 1 aliphatic heterocycles. The van der Waals surface area contributed by atoms with Crippen LogP contribution < -0.4 is 10.2 Å². The van der Waals surface area contributed by atoms with Crippen molar-refractivity contribution in [3.8, 4) is 17.1 Å². The Kier molecular flexibility index (Phi) is 3.08. The minimum absolute atomic E-state index is 0.249. The number of nitrogens with zero attached hydrogens (tertiary/aromatic N) is 3. The molecule has 0 saturated carbocycles. The lowest BCUT2D eigenvalue weighted by molar-refractivity contribution is 0.475. The SMILES string of the molecule is C[C@H]1CN(c2n[nH]c(-c3ccc(O)cc3)n2)CCN1. The minimum Gasteiger partial charge on any atom is -0.508 e. The second-order valence-corrected chi connectivity index (χ2v) is 4.83. The van der Waals surface area contributed by atoms with Crippen LogP contribution in [0.3, 0.4) is 0 Å². The molecule has 1 aromatic heterocycles. The summed E-state index contributed by atoms with van der Waals surface area (Å²) in [5.74, 6) is 1.71. The van der Waals surface area contributed by atoms with Crippen molar-refractivity contribution in [3.63, 3.8) is 0 Å². The van der Waals surface area contributed by atoms with Gasteiger partial charge in [0.1, 0.15) is 5.75 Å². The zero-order chi connectivity index (χ0) is 13.2. The smallest absolute Gasteiger partial charge is 0.245 e. The van der Waals surface area contributed by atoms with Gasteiger partial charge in [-0.2, -0.15) is 4.98 Å². The number of aromatic nitrogens is 3. The van der Waals surface area contributed by atoms with Gasteiger partial charge in [-0.15, -0.1) is 5.10 Å². The van der Waals surface area contributed by atoms with Crippen LogP contribution in [0.2, 0.25) is 0 Å². The summed E-state index contributed by atoms with van der Waals surface area (Å²) in [5.41, 5.74) is 0.916. The number of phenolic OH excluding ortho intramolecular Hbond substituents is 1. The van der Waals surface area contributed by atoms with Crippen LogP contribution in [0, 0.1) is 0 Å². The molecule has 6 nitrogen and oxygen atoms in total. The number of aromatic amines is 1. The molecule has 0 amide bonds. The average molecular weight is 259 g/mol. The molecule has 0 radical (unpaired) electrons. The Hall–Kier alpha value is -2.08. The quantitative estimate of drug-likeness (QED) is 0.749. The summed E-state index contributed by atoms with van der Waals surface area (Å²) in [7, 11) is 0. The Morgan fingerprint density at radius 3 is 2.84 bits per heavy atom. The first-order valence-corrected chi connectivity index (χ1v) is 6.42. The Morgan fingerprint density at radius 1 is 1.32 bits per heavy atom. The number of phenols is 1. The van der Waals surface area contributed by atoms with Crippen LogP contribution in [0.5, 0.6) is 5.75 Å². The highest BCUT2D eigenvalue weighted by molar-refractivity contribution is 5.57. The van der Waals surface area contributed by atoms with Gasteiger partial charge < -0.3 is 15.3 Å². The van der Waals surface area contributed by atoms with Gasteiger partial charge in [0.2, 0.25) is 5.95 Å². The zero-order valence-corrected chi connectivity index (χ0v) is 10.8. The number of piperazine rings is 1. The van der Waals surface area contributed by atoms with Gasteiger partial charge in [0.25, 0.3) is 0 Å². The maximum atomic E-state index is 9.28. The van der Waals surface area contributed by atoms with Gasteiger partial charge >= 0.3 is 0 Å². The molecule has 0 unspecified atom stereocenters. The van der Waals surface area contributed by atoms with Crippen LogP contribution in [0.15, 0.2) is 24.3 Å². The van der Waals surface area contributed by atoms with E-state index in [0.717, 1.165) is 37.0 Å². The van der Waals surface area contributed by atoms with Gasteiger partial charge in [-0.05, 0) is 31.2 Å². The van der Waals surface area contributed by atoms with Crippen LogP contribution in [0.1, 0.15) is 6.92 Å². The molecule has 1 aromatic carbocycles. The Morgan fingerprint density at radius 2 is 2.11 bits per heavy atom. The molecular weight excluding hydrogens is 242 g/mol. The predicted molar refractivity (Wildman–Crippen MR) is 73.2 cm³/mol. The molecule has 1 saturated heterocycles. The lowest BCUT2D eigenvalue weighted by atomic mass is 10.2. The topological polar surface area (TPSA) is 77.1 Å². The van der Waals surface area contributed by atoms with E-state index < -0.39 is 0 Å². The van der Waals surface area contributed by atoms with E-state index in [4.69, 9.17) is 0 Å². The van der Waals surface area contributed by atoms with Crippen LogP contribution in [-0.2, 0) is 0 Å². The molecule has 3 rings (SSSR count). The number of H-pyrrole nitrogens is 1.